The van der Waals surface area contributed by atoms with Crippen molar-refractivity contribution in [3.8, 4) is 11.3 Å². The van der Waals surface area contributed by atoms with Crippen LogP contribution in [0.5, 0.6) is 0 Å². The van der Waals surface area contributed by atoms with Crippen LogP contribution in [0.1, 0.15) is 22.5 Å². The average Bonchev–Trinajstić information content (AvgIpc) is 3.14. The number of benzene rings is 1. The standard InChI is InChI=1S/C16H18ClN3O2.ClH/c1-10-14(16(21)20-7-6-11(8-18)9-20)15(19-22-10)12-4-2-3-5-13(12)17;/h2-5,11H,6-9,18H2,1H3;1H. The van der Waals surface area contributed by atoms with Gasteiger partial charge in [-0.2, -0.15) is 0 Å². The first-order valence-corrected chi connectivity index (χ1v) is 7.70. The molecule has 1 aromatic carbocycles. The van der Waals surface area contributed by atoms with E-state index in [0.717, 1.165) is 6.42 Å². The molecule has 1 amide bonds. The van der Waals surface area contributed by atoms with Crippen molar-refractivity contribution in [3.05, 3.63) is 40.6 Å². The maximum Gasteiger partial charge on any atom is 0.259 e. The Labute approximate surface area is 146 Å². The van der Waals surface area contributed by atoms with Gasteiger partial charge in [0.05, 0.1) is 5.02 Å². The van der Waals surface area contributed by atoms with Crippen LogP contribution in [0, 0.1) is 12.8 Å². The minimum Gasteiger partial charge on any atom is -0.360 e. The summed E-state index contributed by atoms with van der Waals surface area (Å²) in [4.78, 5) is 14.7. The molecule has 124 valence electrons. The number of aryl methyl sites for hydroxylation is 1. The number of nitrogens with zero attached hydrogens (tertiary/aromatic N) is 2. The van der Waals surface area contributed by atoms with Crippen molar-refractivity contribution < 1.29 is 9.32 Å². The first kappa shape index (κ1) is 17.8. The maximum absolute atomic E-state index is 12.8. The molecule has 2 heterocycles. The number of aromatic nitrogens is 1. The van der Waals surface area contributed by atoms with Gasteiger partial charge >= 0.3 is 0 Å². The van der Waals surface area contributed by atoms with Crippen LogP contribution in [-0.2, 0) is 0 Å². The molecule has 0 spiro atoms. The van der Waals surface area contributed by atoms with Gasteiger partial charge in [0.2, 0.25) is 0 Å². The molecule has 0 aliphatic carbocycles. The monoisotopic (exact) mass is 355 g/mol. The van der Waals surface area contributed by atoms with Crippen molar-refractivity contribution in [2.24, 2.45) is 11.7 Å². The lowest BCUT2D eigenvalue weighted by Crippen LogP contribution is -2.30. The van der Waals surface area contributed by atoms with Crippen molar-refractivity contribution in [2.45, 2.75) is 13.3 Å². The van der Waals surface area contributed by atoms with Crippen LogP contribution < -0.4 is 5.73 Å². The quantitative estimate of drug-likeness (QED) is 0.917. The van der Waals surface area contributed by atoms with Gasteiger partial charge in [-0.15, -0.1) is 12.4 Å². The van der Waals surface area contributed by atoms with Crippen molar-refractivity contribution in [3.63, 3.8) is 0 Å². The van der Waals surface area contributed by atoms with Crippen LogP contribution in [0.15, 0.2) is 28.8 Å². The molecule has 23 heavy (non-hydrogen) atoms. The number of carbonyl (C=O) groups is 1. The predicted octanol–water partition coefficient (Wildman–Crippen LogP) is 3.15. The third kappa shape index (κ3) is 3.37. The molecule has 0 radical (unpaired) electrons. The lowest BCUT2D eigenvalue weighted by molar-refractivity contribution is 0.0786. The van der Waals surface area contributed by atoms with Crippen LogP contribution in [0.3, 0.4) is 0 Å². The first-order valence-electron chi connectivity index (χ1n) is 7.32. The van der Waals surface area contributed by atoms with Crippen LogP contribution in [-0.4, -0.2) is 35.6 Å². The highest BCUT2D eigenvalue weighted by Crippen LogP contribution is 2.32. The van der Waals surface area contributed by atoms with Crippen molar-refractivity contribution >= 4 is 29.9 Å². The van der Waals surface area contributed by atoms with E-state index in [-0.39, 0.29) is 18.3 Å². The van der Waals surface area contributed by atoms with Crippen molar-refractivity contribution in [2.75, 3.05) is 19.6 Å². The van der Waals surface area contributed by atoms with Gasteiger partial charge in [-0.1, -0.05) is 35.0 Å². The minimum atomic E-state index is -0.0652. The highest BCUT2D eigenvalue weighted by molar-refractivity contribution is 6.33. The van der Waals surface area contributed by atoms with Gasteiger partial charge in [-0.05, 0) is 31.9 Å². The van der Waals surface area contributed by atoms with E-state index in [1.54, 1.807) is 13.0 Å². The first-order chi connectivity index (χ1) is 10.6. The topological polar surface area (TPSA) is 72.4 Å². The highest BCUT2D eigenvalue weighted by Gasteiger charge is 2.31. The molecule has 1 atom stereocenters. The Balaban J connectivity index is 0.00000192. The van der Waals surface area contributed by atoms with Crippen LogP contribution in [0.4, 0.5) is 0 Å². The summed E-state index contributed by atoms with van der Waals surface area (Å²) in [6.45, 7) is 3.75. The number of amides is 1. The van der Waals surface area contributed by atoms with E-state index in [9.17, 15) is 4.79 Å². The molecule has 1 fully saturated rings. The molecule has 1 aliphatic rings. The Morgan fingerprint density at radius 1 is 1.48 bits per heavy atom. The zero-order chi connectivity index (χ0) is 15.7. The number of carbonyl (C=O) groups excluding carboxylic acids is 1. The van der Waals surface area contributed by atoms with Gasteiger partial charge < -0.3 is 15.2 Å². The molecule has 2 aromatic rings. The fourth-order valence-electron chi connectivity index (χ4n) is 2.83. The Morgan fingerprint density at radius 3 is 2.87 bits per heavy atom. The zero-order valence-electron chi connectivity index (χ0n) is 12.8. The molecular weight excluding hydrogens is 337 g/mol. The van der Waals surface area contributed by atoms with Gasteiger partial charge in [0.15, 0.2) is 0 Å². The molecule has 3 rings (SSSR count). The number of halogens is 2. The van der Waals surface area contributed by atoms with Gasteiger partial charge in [-0.25, -0.2) is 0 Å². The van der Waals surface area contributed by atoms with Crippen LogP contribution >= 0.6 is 24.0 Å². The van der Waals surface area contributed by atoms with Crippen molar-refractivity contribution in [1.82, 2.24) is 10.1 Å². The van der Waals surface area contributed by atoms with E-state index >= 15 is 0 Å². The van der Waals surface area contributed by atoms with Gasteiger partial charge in [0, 0.05) is 18.7 Å². The molecule has 7 heteroatoms. The van der Waals surface area contributed by atoms with E-state index < -0.39 is 0 Å². The number of rotatable bonds is 3. The van der Waals surface area contributed by atoms with E-state index in [1.807, 2.05) is 23.1 Å². The molecule has 1 saturated heterocycles. The summed E-state index contributed by atoms with van der Waals surface area (Å²) in [7, 11) is 0. The van der Waals surface area contributed by atoms with Crippen molar-refractivity contribution in [1.29, 1.82) is 0 Å². The van der Waals surface area contributed by atoms with Gasteiger partial charge in [0.1, 0.15) is 17.0 Å². The third-order valence-corrected chi connectivity index (χ3v) is 4.44. The summed E-state index contributed by atoms with van der Waals surface area (Å²) in [5, 5.41) is 4.59. The second kappa shape index (κ2) is 7.34. The largest absolute Gasteiger partial charge is 0.360 e. The number of hydrogen-bond donors (Lipinski definition) is 1. The third-order valence-electron chi connectivity index (χ3n) is 4.11. The normalized spacial score (nSPS) is 17.2. The van der Waals surface area contributed by atoms with Crippen LogP contribution in [0.2, 0.25) is 5.02 Å². The molecule has 0 saturated carbocycles. The van der Waals surface area contributed by atoms with E-state index in [0.29, 0.717) is 53.2 Å². The Kier molecular flexibility index (Phi) is 5.68. The van der Waals surface area contributed by atoms with Gasteiger partial charge in [0.25, 0.3) is 5.91 Å². The fourth-order valence-corrected chi connectivity index (χ4v) is 3.05. The Hall–Kier alpha value is -1.56. The highest BCUT2D eigenvalue weighted by atomic mass is 35.5. The van der Waals surface area contributed by atoms with E-state index in [4.69, 9.17) is 21.9 Å². The molecule has 0 bridgehead atoms. The lowest BCUT2D eigenvalue weighted by Gasteiger charge is -2.16. The maximum atomic E-state index is 12.8. The summed E-state index contributed by atoms with van der Waals surface area (Å²) < 4.78 is 5.26. The summed E-state index contributed by atoms with van der Waals surface area (Å²) in [6.07, 6.45) is 0.938. The Bertz CT molecular complexity index is 702. The summed E-state index contributed by atoms with van der Waals surface area (Å²) in [6, 6.07) is 7.31. The molecule has 5 nitrogen and oxygen atoms in total. The molecule has 2 N–H and O–H groups in total. The summed E-state index contributed by atoms with van der Waals surface area (Å²) in [5.41, 5.74) is 7.40. The van der Waals surface area contributed by atoms with Gasteiger partial charge in [-0.3, -0.25) is 4.79 Å². The average molecular weight is 356 g/mol. The Morgan fingerprint density at radius 2 is 2.22 bits per heavy atom. The van der Waals surface area contributed by atoms with E-state index in [1.165, 1.54) is 0 Å². The molecule has 1 aliphatic heterocycles. The molecule has 1 unspecified atom stereocenters. The van der Waals surface area contributed by atoms with E-state index in [2.05, 4.69) is 5.16 Å². The number of likely N-dealkylation sites (tertiary alicyclic amines) is 1. The molecule has 1 aromatic heterocycles. The fraction of sp³-hybridized carbons (Fsp3) is 0.375. The second-order valence-electron chi connectivity index (χ2n) is 5.58. The SMILES string of the molecule is Cc1onc(-c2ccccc2Cl)c1C(=O)N1CCC(CN)C1.Cl. The molecular formula is C16H19Cl2N3O2. The summed E-state index contributed by atoms with van der Waals surface area (Å²) in [5.74, 6) is 0.814. The predicted molar refractivity (Wildman–Crippen MR) is 92.0 cm³/mol. The second-order valence-corrected chi connectivity index (χ2v) is 5.99. The smallest absolute Gasteiger partial charge is 0.259 e. The van der Waals surface area contributed by atoms with Crippen LogP contribution in [0.25, 0.3) is 11.3 Å². The number of hydrogen-bond acceptors (Lipinski definition) is 4. The number of nitrogens with two attached hydrogens (primary N) is 1. The summed E-state index contributed by atoms with van der Waals surface area (Å²) >= 11 is 6.23. The zero-order valence-corrected chi connectivity index (χ0v) is 14.4. The minimum absolute atomic E-state index is 0. The lowest BCUT2D eigenvalue weighted by atomic mass is 10.1.